The van der Waals surface area contributed by atoms with Crippen molar-refractivity contribution in [2.45, 2.75) is 6.42 Å². The first kappa shape index (κ1) is 10.5. The van der Waals surface area contributed by atoms with Crippen molar-refractivity contribution in [2.24, 2.45) is 0 Å². The van der Waals surface area contributed by atoms with Crippen LogP contribution in [0.2, 0.25) is 0 Å². The largest absolute Gasteiger partial charge is 0.468 e. The molecule has 0 bridgehead atoms. The molecule has 0 aromatic rings. The Balaban J connectivity index is 2.18. The second-order valence-corrected chi connectivity index (χ2v) is 2.67. The van der Waals surface area contributed by atoms with Gasteiger partial charge in [0.05, 0.1) is 20.1 Å². The molecular formula is C8H12N2O4. The van der Waals surface area contributed by atoms with E-state index in [-0.39, 0.29) is 18.9 Å². The Labute approximate surface area is 81.2 Å². The number of hydrogen-bond acceptors (Lipinski definition) is 5. The van der Waals surface area contributed by atoms with Gasteiger partial charge in [0.1, 0.15) is 6.54 Å². The van der Waals surface area contributed by atoms with E-state index in [1.54, 1.807) is 6.08 Å². The molecule has 1 amide bonds. The summed E-state index contributed by atoms with van der Waals surface area (Å²) in [7, 11) is 1.27. The van der Waals surface area contributed by atoms with Crippen molar-refractivity contribution < 1.29 is 19.2 Å². The number of carbonyl (C=O) groups excluding carboxylic acids is 2. The fraction of sp³-hybridized carbons (Fsp3) is 0.500. The second-order valence-electron chi connectivity index (χ2n) is 2.67. The highest BCUT2D eigenvalue weighted by Crippen LogP contribution is 2.02. The molecule has 6 nitrogen and oxygen atoms in total. The number of hydrogen-bond donors (Lipinski definition) is 2. The van der Waals surface area contributed by atoms with Crippen molar-refractivity contribution in [3.8, 4) is 0 Å². The number of nitrogens with one attached hydrogen (secondary N) is 2. The van der Waals surface area contributed by atoms with Crippen LogP contribution >= 0.6 is 0 Å². The zero-order valence-electron chi connectivity index (χ0n) is 7.83. The molecule has 0 radical (unpaired) electrons. The van der Waals surface area contributed by atoms with E-state index in [0.717, 1.165) is 0 Å². The summed E-state index contributed by atoms with van der Waals surface area (Å²) >= 11 is 0. The molecule has 0 fully saturated rings. The normalized spacial score (nSPS) is 14.2. The van der Waals surface area contributed by atoms with Gasteiger partial charge in [-0.1, -0.05) is 0 Å². The van der Waals surface area contributed by atoms with Crippen LogP contribution in [0.5, 0.6) is 0 Å². The van der Waals surface area contributed by atoms with Crippen LogP contribution in [0, 0.1) is 0 Å². The van der Waals surface area contributed by atoms with Crippen LogP contribution in [0.4, 0.5) is 0 Å². The summed E-state index contributed by atoms with van der Waals surface area (Å²) in [4.78, 5) is 26.6. The lowest BCUT2D eigenvalue weighted by Gasteiger charge is -2.04. The summed E-state index contributed by atoms with van der Waals surface area (Å²) in [5, 5.41) is 2.41. The number of esters is 1. The molecule has 1 aliphatic rings. The number of methoxy groups -OCH3 is 1. The zero-order chi connectivity index (χ0) is 10.4. The Morgan fingerprint density at radius 3 is 3.07 bits per heavy atom. The molecule has 0 aromatic heterocycles. The van der Waals surface area contributed by atoms with Gasteiger partial charge in [0, 0.05) is 5.70 Å². The summed E-state index contributed by atoms with van der Waals surface area (Å²) in [6.07, 6.45) is 1.94. The molecule has 0 saturated heterocycles. The number of ether oxygens (including phenoxy) is 1. The first-order valence-electron chi connectivity index (χ1n) is 4.12. The van der Waals surface area contributed by atoms with Gasteiger partial charge in [0.15, 0.2) is 0 Å². The molecule has 6 heteroatoms. The SMILES string of the molecule is COC(=O)CNC(=O)CC1=CCON1. The van der Waals surface area contributed by atoms with Crippen molar-refractivity contribution in [2.75, 3.05) is 20.3 Å². The van der Waals surface area contributed by atoms with Crippen LogP contribution in [0.25, 0.3) is 0 Å². The van der Waals surface area contributed by atoms with E-state index in [9.17, 15) is 9.59 Å². The minimum absolute atomic E-state index is 0.108. The van der Waals surface area contributed by atoms with Gasteiger partial charge in [-0.25, -0.2) is 0 Å². The van der Waals surface area contributed by atoms with Crippen LogP contribution in [0.15, 0.2) is 11.8 Å². The van der Waals surface area contributed by atoms with E-state index in [4.69, 9.17) is 4.84 Å². The van der Waals surface area contributed by atoms with Gasteiger partial charge in [0.2, 0.25) is 5.91 Å². The number of carbonyl (C=O) groups is 2. The molecule has 0 aliphatic carbocycles. The quantitative estimate of drug-likeness (QED) is 0.574. The Morgan fingerprint density at radius 1 is 1.71 bits per heavy atom. The molecule has 0 unspecified atom stereocenters. The topological polar surface area (TPSA) is 76.7 Å². The second kappa shape index (κ2) is 5.23. The first-order valence-corrected chi connectivity index (χ1v) is 4.12. The van der Waals surface area contributed by atoms with E-state index < -0.39 is 5.97 Å². The van der Waals surface area contributed by atoms with Gasteiger partial charge in [-0.05, 0) is 6.08 Å². The highest BCUT2D eigenvalue weighted by molar-refractivity contribution is 5.83. The number of amides is 1. The molecule has 14 heavy (non-hydrogen) atoms. The van der Waals surface area contributed by atoms with Crippen LogP contribution in [0.1, 0.15) is 6.42 Å². The monoisotopic (exact) mass is 200 g/mol. The van der Waals surface area contributed by atoms with E-state index in [1.807, 2.05) is 0 Å². The lowest BCUT2D eigenvalue weighted by molar-refractivity contribution is -0.141. The van der Waals surface area contributed by atoms with Gasteiger partial charge in [-0.15, -0.1) is 0 Å². The fourth-order valence-electron chi connectivity index (χ4n) is 0.905. The zero-order valence-corrected chi connectivity index (χ0v) is 7.83. The van der Waals surface area contributed by atoms with Gasteiger partial charge in [-0.3, -0.25) is 19.9 Å². The van der Waals surface area contributed by atoms with Crippen LogP contribution in [-0.2, 0) is 19.2 Å². The summed E-state index contributed by atoms with van der Waals surface area (Å²) in [5.74, 6) is -0.720. The maximum absolute atomic E-state index is 11.2. The lowest BCUT2D eigenvalue weighted by atomic mass is 10.3. The third-order valence-electron chi connectivity index (χ3n) is 1.62. The highest BCUT2D eigenvalue weighted by Gasteiger charge is 2.10. The van der Waals surface area contributed by atoms with Crippen LogP contribution < -0.4 is 10.8 Å². The summed E-state index contributed by atoms with van der Waals surface area (Å²) < 4.78 is 4.36. The van der Waals surface area contributed by atoms with Crippen molar-refractivity contribution in [3.05, 3.63) is 11.8 Å². The highest BCUT2D eigenvalue weighted by atomic mass is 16.6. The summed E-state index contributed by atoms with van der Waals surface area (Å²) in [6.45, 7) is 0.350. The molecule has 0 spiro atoms. The molecule has 1 heterocycles. The van der Waals surface area contributed by atoms with Crippen molar-refractivity contribution in [3.63, 3.8) is 0 Å². The van der Waals surface area contributed by atoms with Crippen molar-refractivity contribution >= 4 is 11.9 Å². The molecule has 1 aliphatic heterocycles. The predicted octanol–water partition coefficient (Wildman–Crippen LogP) is -0.916. The van der Waals surface area contributed by atoms with E-state index in [2.05, 4.69) is 15.5 Å². The number of rotatable bonds is 4. The molecule has 0 saturated carbocycles. The average molecular weight is 200 g/mol. The maximum Gasteiger partial charge on any atom is 0.325 e. The predicted molar refractivity (Wildman–Crippen MR) is 46.8 cm³/mol. The Bertz CT molecular complexity index is 262. The molecule has 0 aromatic carbocycles. The van der Waals surface area contributed by atoms with Gasteiger partial charge in [0.25, 0.3) is 0 Å². The lowest BCUT2D eigenvalue weighted by Crippen LogP contribution is -2.31. The van der Waals surface area contributed by atoms with Crippen LogP contribution in [-0.4, -0.2) is 32.1 Å². The third kappa shape index (κ3) is 3.44. The first-order chi connectivity index (χ1) is 6.72. The Kier molecular flexibility index (Phi) is 3.93. The van der Waals surface area contributed by atoms with Crippen LogP contribution in [0.3, 0.4) is 0 Å². The summed E-state index contributed by atoms with van der Waals surface area (Å²) in [5.41, 5.74) is 3.27. The molecule has 0 atom stereocenters. The number of hydroxylamine groups is 1. The minimum atomic E-state index is -0.469. The Hall–Kier alpha value is -1.56. The van der Waals surface area contributed by atoms with Gasteiger partial charge < -0.3 is 10.1 Å². The standard InChI is InChI=1S/C8H12N2O4/c1-13-8(12)5-9-7(11)4-6-2-3-14-10-6/h2,10H,3-5H2,1H3,(H,9,11). The fourth-order valence-corrected chi connectivity index (χ4v) is 0.905. The van der Waals surface area contributed by atoms with Gasteiger partial charge in [-0.2, -0.15) is 0 Å². The average Bonchev–Trinajstić information content (AvgIpc) is 2.66. The molecule has 2 N–H and O–H groups in total. The van der Waals surface area contributed by atoms with Crippen molar-refractivity contribution in [1.82, 2.24) is 10.8 Å². The molecule has 1 rings (SSSR count). The van der Waals surface area contributed by atoms with Crippen molar-refractivity contribution in [1.29, 1.82) is 0 Å². The van der Waals surface area contributed by atoms with E-state index >= 15 is 0 Å². The van der Waals surface area contributed by atoms with Gasteiger partial charge >= 0.3 is 5.97 Å². The smallest absolute Gasteiger partial charge is 0.325 e. The molecule has 78 valence electrons. The maximum atomic E-state index is 11.2. The summed E-state index contributed by atoms with van der Waals surface area (Å²) in [6, 6.07) is 0. The van der Waals surface area contributed by atoms with E-state index in [0.29, 0.717) is 12.3 Å². The van der Waals surface area contributed by atoms with E-state index in [1.165, 1.54) is 7.11 Å². The molecular weight excluding hydrogens is 188 g/mol. The minimum Gasteiger partial charge on any atom is -0.468 e. The Morgan fingerprint density at radius 2 is 2.50 bits per heavy atom. The third-order valence-corrected chi connectivity index (χ3v) is 1.62.